The van der Waals surface area contributed by atoms with Gasteiger partial charge in [-0.25, -0.2) is 4.79 Å². The molecule has 1 fully saturated rings. The van der Waals surface area contributed by atoms with E-state index in [1.54, 1.807) is 6.08 Å². The van der Waals surface area contributed by atoms with E-state index in [1.165, 1.54) is 0 Å². The van der Waals surface area contributed by atoms with Gasteiger partial charge in [0.05, 0.1) is 17.0 Å². The van der Waals surface area contributed by atoms with Gasteiger partial charge >= 0.3 is 5.97 Å². The number of hydrogen-bond acceptors (Lipinski definition) is 5. The molecule has 0 spiro atoms. The van der Waals surface area contributed by atoms with Gasteiger partial charge in [0.2, 0.25) is 0 Å². The number of ether oxygens (including phenoxy) is 1. The number of aryl methyl sites for hydroxylation is 1. The van der Waals surface area contributed by atoms with Gasteiger partial charge in [0.25, 0.3) is 0 Å². The number of allylic oxidation sites excluding steroid dienone is 3. The molecule has 0 aliphatic carbocycles. The van der Waals surface area contributed by atoms with Crippen LogP contribution in [0.2, 0.25) is 0 Å². The number of pyridine rings is 1. The quantitative estimate of drug-likeness (QED) is 0.551. The number of carbonyl (C=O) groups is 1. The number of benzene rings is 1. The molecule has 0 saturated carbocycles. The molecule has 1 aromatic carbocycles. The molecule has 33 heavy (non-hydrogen) atoms. The standard InChI is InChI=1S/C28H31N3O2/c1-4-21(28(32)33-24-9-6-14-29-18-24)16-23-17-22(13-12-19(23)2)25-10-7-15-30-27(25)26-11-5-8-20(3)31-26/h4-5,7-8,11-13,15-17,24,29-30H,2,6,9-10,14,18H2,1,3H3/b21-4+,23-16-/t24-/m1/s1. The summed E-state index contributed by atoms with van der Waals surface area (Å²) in [5.74, 6) is -0.290. The highest BCUT2D eigenvalue weighted by Gasteiger charge is 2.19. The Balaban J connectivity index is 1.68. The number of nitrogens with one attached hydrogen (secondary N) is 2. The maximum absolute atomic E-state index is 12.8. The van der Waals surface area contributed by atoms with Crippen molar-refractivity contribution in [2.24, 2.45) is 0 Å². The van der Waals surface area contributed by atoms with Crippen molar-refractivity contribution in [1.29, 1.82) is 0 Å². The minimum atomic E-state index is -0.290. The third-order valence-corrected chi connectivity index (χ3v) is 5.99. The van der Waals surface area contributed by atoms with Crippen LogP contribution in [-0.2, 0) is 9.53 Å². The van der Waals surface area contributed by atoms with Crippen LogP contribution < -0.4 is 21.1 Å². The highest BCUT2D eigenvalue weighted by Crippen LogP contribution is 2.28. The van der Waals surface area contributed by atoms with Gasteiger partial charge in [0.15, 0.2) is 0 Å². The molecule has 2 aliphatic rings. The molecule has 3 heterocycles. The number of nitrogens with zero attached hydrogens (tertiary/aromatic N) is 1. The Labute approximate surface area is 195 Å². The second-order valence-corrected chi connectivity index (χ2v) is 8.44. The Hall–Kier alpha value is -3.44. The predicted molar refractivity (Wildman–Crippen MR) is 134 cm³/mol. The normalized spacial score (nSPS) is 19.4. The number of rotatable bonds is 5. The van der Waals surface area contributed by atoms with Gasteiger partial charge in [-0.3, -0.25) is 4.98 Å². The minimum absolute atomic E-state index is 0.0743. The molecule has 0 unspecified atom stereocenters. The number of esters is 1. The Kier molecular flexibility index (Phi) is 7.20. The van der Waals surface area contributed by atoms with E-state index in [-0.39, 0.29) is 12.1 Å². The zero-order chi connectivity index (χ0) is 23.2. The minimum Gasteiger partial charge on any atom is -0.457 e. The van der Waals surface area contributed by atoms with Crippen molar-refractivity contribution < 1.29 is 9.53 Å². The summed E-state index contributed by atoms with van der Waals surface area (Å²) < 4.78 is 5.73. The fourth-order valence-electron chi connectivity index (χ4n) is 4.17. The molecule has 170 valence electrons. The Morgan fingerprint density at radius 3 is 2.91 bits per heavy atom. The number of dihydropyridines is 1. The van der Waals surface area contributed by atoms with Gasteiger partial charge in [-0.1, -0.05) is 36.9 Å². The SMILES string of the molecule is C=c1ccc(C2=C(c3cccc(C)n3)NC=CC2)c/c1=C/C(=C\C)C(=O)O[C@@H]1CCCNC1. The van der Waals surface area contributed by atoms with E-state index in [9.17, 15) is 4.79 Å². The van der Waals surface area contributed by atoms with Crippen LogP contribution in [-0.4, -0.2) is 30.1 Å². The van der Waals surface area contributed by atoms with Gasteiger partial charge in [-0.2, -0.15) is 0 Å². The number of piperidine rings is 1. The molecular formula is C28H31N3O2. The van der Waals surface area contributed by atoms with Crippen LogP contribution in [0.5, 0.6) is 0 Å². The molecular weight excluding hydrogens is 410 g/mol. The lowest BCUT2D eigenvalue weighted by molar-refractivity contribution is -0.144. The topological polar surface area (TPSA) is 63.2 Å². The summed E-state index contributed by atoms with van der Waals surface area (Å²) in [6.45, 7) is 9.73. The van der Waals surface area contributed by atoms with Gasteiger partial charge in [-0.05, 0) is 91.7 Å². The van der Waals surface area contributed by atoms with Gasteiger partial charge < -0.3 is 15.4 Å². The average molecular weight is 442 g/mol. The predicted octanol–water partition coefficient (Wildman–Crippen LogP) is 3.20. The Morgan fingerprint density at radius 2 is 2.15 bits per heavy atom. The number of aromatic nitrogens is 1. The molecule has 0 radical (unpaired) electrons. The summed E-state index contributed by atoms with van der Waals surface area (Å²) in [6, 6.07) is 12.2. The average Bonchev–Trinajstić information content (AvgIpc) is 2.84. The van der Waals surface area contributed by atoms with E-state index in [0.717, 1.165) is 64.5 Å². The van der Waals surface area contributed by atoms with Gasteiger partial charge in [-0.15, -0.1) is 0 Å². The fourth-order valence-corrected chi connectivity index (χ4v) is 4.17. The van der Waals surface area contributed by atoms with Crippen molar-refractivity contribution in [3.8, 4) is 0 Å². The molecule has 2 N–H and O–H groups in total. The Bertz CT molecular complexity index is 1230. The summed E-state index contributed by atoms with van der Waals surface area (Å²) in [4.78, 5) is 17.5. The van der Waals surface area contributed by atoms with Crippen molar-refractivity contribution >= 4 is 29.9 Å². The van der Waals surface area contributed by atoms with Crippen LogP contribution in [0.25, 0.3) is 23.9 Å². The van der Waals surface area contributed by atoms with E-state index < -0.39 is 0 Å². The molecule has 0 bridgehead atoms. The maximum atomic E-state index is 12.8. The van der Waals surface area contributed by atoms with Crippen molar-refractivity contribution in [2.45, 2.75) is 39.2 Å². The van der Waals surface area contributed by atoms with E-state index in [4.69, 9.17) is 9.72 Å². The van der Waals surface area contributed by atoms with E-state index >= 15 is 0 Å². The summed E-state index contributed by atoms with van der Waals surface area (Å²) >= 11 is 0. The van der Waals surface area contributed by atoms with Crippen LogP contribution in [0.1, 0.15) is 43.1 Å². The largest absolute Gasteiger partial charge is 0.457 e. The van der Waals surface area contributed by atoms with Crippen molar-refractivity contribution in [2.75, 3.05) is 13.1 Å². The molecule has 5 heteroatoms. The van der Waals surface area contributed by atoms with Gasteiger partial charge in [0.1, 0.15) is 6.10 Å². The summed E-state index contributed by atoms with van der Waals surface area (Å²) in [6.07, 6.45) is 10.4. The van der Waals surface area contributed by atoms with Crippen molar-refractivity contribution in [3.05, 3.63) is 87.7 Å². The lowest BCUT2D eigenvalue weighted by Gasteiger charge is -2.23. The maximum Gasteiger partial charge on any atom is 0.338 e. The van der Waals surface area contributed by atoms with Crippen LogP contribution in [0.3, 0.4) is 0 Å². The lowest BCUT2D eigenvalue weighted by atomic mass is 9.95. The molecule has 1 aromatic heterocycles. The first-order valence-electron chi connectivity index (χ1n) is 11.5. The number of carbonyl (C=O) groups excluding carboxylic acids is 1. The second-order valence-electron chi connectivity index (χ2n) is 8.44. The van der Waals surface area contributed by atoms with Crippen molar-refractivity contribution in [3.63, 3.8) is 0 Å². The molecule has 1 atom stereocenters. The Morgan fingerprint density at radius 1 is 1.27 bits per heavy atom. The highest BCUT2D eigenvalue weighted by atomic mass is 16.5. The fraction of sp³-hybridized carbons (Fsp3) is 0.286. The first-order chi connectivity index (χ1) is 16.0. The van der Waals surface area contributed by atoms with Crippen LogP contribution in [0, 0.1) is 6.92 Å². The van der Waals surface area contributed by atoms with E-state index in [1.807, 2.05) is 50.4 Å². The molecule has 4 rings (SSSR count). The first-order valence-corrected chi connectivity index (χ1v) is 11.5. The third-order valence-electron chi connectivity index (χ3n) is 5.99. The third kappa shape index (κ3) is 5.49. The summed E-state index contributed by atoms with van der Waals surface area (Å²) in [7, 11) is 0. The van der Waals surface area contributed by atoms with Crippen molar-refractivity contribution in [1.82, 2.24) is 15.6 Å². The summed E-state index contributed by atoms with van der Waals surface area (Å²) in [5, 5.41) is 8.42. The number of hydrogen-bond donors (Lipinski definition) is 2. The van der Waals surface area contributed by atoms with Crippen LogP contribution >= 0.6 is 0 Å². The van der Waals surface area contributed by atoms with Crippen LogP contribution in [0.15, 0.2) is 60.3 Å². The summed E-state index contributed by atoms with van der Waals surface area (Å²) in [5.41, 5.74) is 5.66. The monoisotopic (exact) mass is 441 g/mol. The van der Waals surface area contributed by atoms with E-state index in [0.29, 0.717) is 12.1 Å². The lowest BCUT2D eigenvalue weighted by Crippen LogP contribution is -2.37. The van der Waals surface area contributed by atoms with Crippen LogP contribution in [0.4, 0.5) is 0 Å². The van der Waals surface area contributed by atoms with E-state index in [2.05, 4.69) is 35.4 Å². The molecule has 2 aromatic rings. The smallest absolute Gasteiger partial charge is 0.338 e. The molecule has 0 amide bonds. The zero-order valence-corrected chi connectivity index (χ0v) is 19.4. The first kappa shape index (κ1) is 22.7. The van der Waals surface area contributed by atoms with Gasteiger partial charge in [0, 0.05) is 12.2 Å². The second kappa shape index (κ2) is 10.5. The zero-order valence-electron chi connectivity index (χ0n) is 19.4. The molecule has 2 aliphatic heterocycles. The molecule has 1 saturated heterocycles. The highest BCUT2D eigenvalue weighted by molar-refractivity contribution is 5.97. The molecule has 5 nitrogen and oxygen atoms in total.